The van der Waals surface area contributed by atoms with Crippen LogP contribution in [0.3, 0.4) is 0 Å². The van der Waals surface area contributed by atoms with Gasteiger partial charge >= 0.3 is 0 Å². The van der Waals surface area contributed by atoms with Crippen molar-refractivity contribution in [3.05, 3.63) is 212 Å². The molecule has 294 valence electrons. The number of hydrogen-bond acceptors (Lipinski definition) is 4. The largest absolute Gasteiger partial charge is 0.455 e. The van der Waals surface area contributed by atoms with Crippen molar-refractivity contribution in [3.8, 4) is 56.7 Å². The van der Waals surface area contributed by atoms with Crippen LogP contribution in [-0.2, 0) is 0 Å². The van der Waals surface area contributed by atoms with Crippen molar-refractivity contribution in [2.75, 3.05) is 0 Å². The molecule has 4 heterocycles. The summed E-state index contributed by atoms with van der Waals surface area (Å²) in [5.41, 5.74) is 12.8. The van der Waals surface area contributed by atoms with Crippen LogP contribution < -0.4 is 0 Å². The van der Waals surface area contributed by atoms with Gasteiger partial charge in [-0.05, 0) is 71.8 Å². The van der Waals surface area contributed by atoms with Crippen molar-refractivity contribution in [3.63, 3.8) is 0 Å². The van der Waals surface area contributed by atoms with Crippen LogP contribution in [-0.4, -0.2) is 24.1 Å². The van der Waals surface area contributed by atoms with Gasteiger partial charge in [-0.25, -0.2) is 15.0 Å². The first kappa shape index (κ1) is 35.2. The number of rotatable bonds is 6. The Bertz CT molecular complexity index is 3850. The Balaban J connectivity index is 1.14. The molecule has 0 saturated heterocycles. The van der Waals surface area contributed by atoms with Crippen molar-refractivity contribution < 1.29 is 4.42 Å². The van der Waals surface area contributed by atoms with Crippen LogP contribution in [0.4, 0.5) is 0 Å². The number of benzene rings is 9. The molecule has 0 aliphatic rings. The summed E-state index contributed by atoms with van der Waals surface area (Å²) >= 11 is 0. The van der Waals surface area contributed by atoms with E-state index in [-0.39, 0.29) is 0 Å². The molecule has 9 aromatic carbocycles. The van der Waals surface area contributed by atoms with Gasteiger partial charge in [0, 0.05) is 54.8 Å². The monoisotopic (exact) mass is 805 g/mol. The molecule has 0 unspecified atom stereocenters. The highest BCUT2D eigenvalue weighted by Gasteiger charge is 2.24. The molecule has 0 amide bonds. The van der Waals surface area contributed by atoms with Crippen molar-refractivity contribution in [1.29, 1.82) is 0 Å². The Morgan fingerprint density at radius 1 is 0.317 bits per heavy atom. The number of nitrogens with zero attached hydrogens (tertiary/aromatic N) is 5. The molecule has 0 atom stereocenters. The predicted octanol–water partition coefficient (Wildman–Crippen LogP) is 14.6. The number of furan rings is 1. The van der Waals surface area contributed by atoms with E-state index < -0.39 is 0 Å². The summed E-state index contributed by atoms with van der Waals surface area (Å²) in [5.74, 6) is 1.67. The average molecular weight is 806 g/mol. The SMILES string of the molecule is c1ccc(-c2ccc3oc4c(-c5nc(-c6ccccc6)nc(-c6cccc7c8ccccc8n(-c8ccccc8)c67)n5)cc(-n5c6ccccc6c6ccccc65)cc4c3c2)cc1. The molecule has 0 aliphatic heterocycles. The first-order valence-electron chi connectivity index (χ1n) is 21.2. The van der Waals surface area contributed by atoms with Crippen LogP contribution >= 0.6 is 0 Å². The molecule has 0 radical (unpaired) electrons. The Hall–Kier alpha value is -8.61. The number of hydrogen-bond donors (Lipinski definition) is 0. The Labute approximate surface area is 361 Å². The van der Waals surface area contributed by atoms with Gasteiger partial charge in [0.25, 0.3) is 0 Å². The maximum Gasteiger partial charge on any atom is 0.167 e. The summed E-state index contributed by atoms with van der Waals surface area (Å²) in [4.78, 5) is 16.1. The van der Waals surface area contributed by atoms with Crippen LogP contribution in [0.1, 0.15) is 0 Å². The molecular weight excluding hydrogens is 771 g/mol. The van der Waals surface area contributed by atoms with Crippen molar-refractivity contribution in [2.45, 2.75) is 0 Å². The molecular formula is C57H35N5O. The van der Waals surface area contributed by atoms with E-state index in [0.717, 1.165) is 88.4 Å². The minimum absolute atomic E-state index is 0.521. The van der Waals surface area contributed by atoms with E-state index in [2.05, 4.69) is 197 Å². The minimum Gasteiger partial charge on any atom is -0.455 e. The topological polar surface area (TPSA) is 61.7 Å². The number of fused-ring (bicyclic) bond motifs is 9. The number of para-hydroxylation sites is 5. The smallest absolute Gasteiger partial charge is 0.167 e. The summed E-state index contributed by atoms with van der Waals surface area (Å²) in [6.07, 6.45) is 0. The van der Waals surface area contributed by atoms with Gasteiger partial charge in [0.1, 0.15) is 11.2 Å². The molecule has 4 aromatic heterocycles. The third-order valence-electron chi connectivity index (χ3n) is 12.4. The maximum absolute atomic E-state index is 6.94. The summed E-state index contributed by atoms with van der Waals surface area (Å²) in [5, 5.41) is 6.66. The zero-order chi connectivity index (χ0) is 41.4. The summed E-state index contributed by atoms with van der Waals surface area (Å²) in [7, 11) is 0. The normalized spacial score (nSPS) is 11.8. The third kappa shape index (κ3) is 5.55. The van der Waals surface area contributed by atoms with E-state index >= 15 is 0 Å². The highest BCUT2D eigenvalue weighted by atomic mass is 16.3. The van der Waals surface area contributed by atoms with Gasteiger partial charge < -0.3 is 13.6 Å². The second-order valence-electron chi connectivity index (χ2n) is 16.0. The fraction of sp³-hybridized carbons (Fsp3) is 0. The lowest BCUT2D eigenvalue weighted by Gasteiger charge is -2.14. The van der Waals surface area contributed by atoms with Crippen molar-refractivity contribution in [1.82, 2.24) is 24.1 Å². The predicted molar refractivity (Wildman–Crippen MR) is 258 cm³/mol. The minimum atomic E-state index is 0.521. The van der Waals surface area contributed by atoms with E-state index in [1.807, 2.05) is 24.3 Å². The van der Waals surface area contributed by atoms with E-state index in [9.17, 15) is 0 Å². The first-order chi connectivity index (χ1) is 31.2. The maximum atomic E-state index is 6.94. The summed E-state index contributed by atoms with van der Waals surface area (Å²) in [6.45, 7) is 0. The lowest BCUT2D eigenvalue weighted by atomic mass is 10.0. The van der Waals surface area contributed by atoms with Gasteiger partial charge in [-0.2, -0.15) is 0 Å². The zero-order valence-electron chi connectivity index (χ0n) is 33.9. The lowest BCUT2D eigenvalue weighted by Crippen LogP contribution is -2.03. The van der Waals surface area contributed by atoms with Crippen molar-refractivity contribution >= 4 is 65.6 Å². The lowest BCUT2D eigenvalue weighted by molar-refractivity contribution is 0.669. The first-order valence-corrected chi connectivity index (χ1v) is 21.2. The molecule has 0 saturated carbocycles. The molecule has 13 rings (SSSR count). The van der Waals surface area contributed by atoms with Gasteiger partial charge in [-0.15, -0.1) is 0 Å². The summed E-state index contributed by atoms with van der Waals surface area (Å²) in [6, 6.07) is 74.3. The fourth-order valence-electron chi connectivity index (χ4n) is 9.55. The zero-order valence-corrected chi connectivity index (χ0v) is 33.9. The Morgan fingerprint density at radius 2 is 0.857 bits per heavy atom. The van der Waals surface area contributed by atoms with Gasteiger partial charge in [0.2, 0.25) is 0 Å². The van der Waals surface area contributed by atoms with Gasteiger partial charge in [-0.1, -0.05) is 152 Å². The highest BCUT2D eigenvalue weighted by Crippen LogP contribution is 2.43. The molecule has 6 nitrogen and oxygen atoms in total. The van der Waals surface area contributed by atoms with E-state index in [1.165, 1.54) is 10.8 Å². The molecule has 0 bridgehead atoms. The van der Waals surface area contributed by atoms with Gasteiger partial charge in [0.05, 0.1) is 27.6 Å². The molecule has 13 aromatic rings. The number of aromatic nitrogens is 5. The molecule has 63 heavy (non-hydrogen) atoms. The van der Waals surface area contributed by atoms with Crippen molar-refractivity contribution in [2.24, 2.45) is 0 Å². The standard InChI is InChI=1S/C57H35N5O/c1-4-17-36(18-5-1)38-31-32-52-46(33-38)47-34-40(61-49-28-13-10-23-41(49)42-24-11-14-29-50(42)61)35-48(54(47)63-52)57-59-55(37-19-6-2-7-20-37)58-56(60-57)45-27-16-26-44-43-25-12-15-30-51(43)62(53(44)45)39-21-8-3-9-22-39/h1-35H. The van der Waals surface area contributed by atoms with Crippen LogP contribution in [0.5, 0.6) is 0 Å². The highest BCUT2D eigenvalue weighted by molar-refractivity contribution is 6.15. The summed E-state index contributed by atoms with van der Waals surface area (Å²) < 4.78 is 11.6. The second kappa shape index (κ2) is 14.0. The second-order valence-corrected chi connectivity index (χ2v) is 16.0. The van der Waals surface area contributed by atoms with Crippen LogP contribution in [0.25, 0.3) is 122 Å². The molecule has 0 spiro atoms. The molecule has 0 fully saturated rings. The van der Waals surface area contributed by atoms with Gasteiger partial charge in [0.15, 0.2) is 17.5 Å². The third-order valence-corrected chi connectivity index (χ3v) is 12.4. The van der Waals surface area contributed by atoms with E-state index in [1.54, 1.807) is 0 Å². The molecule has 0 aliphatic carbocycles. The van der Waals surface area contributed by atoms with Crippen LogP contribution in [0.15, 0.2) is 217 Å². The molecule has 0 N–H and O–H groups in total. The Morgan fingerprint density at radius 3 is 1.54 bits per heavy atom. The Kier molecular flexibility index (Phi) is 7.80. The van der Waals surface area contributed by atoms with Crippen LogP contribution in [0, 0.1) is 0 Å². The van der Waals surface area contributed by atoms with Gasteiger partial charge in [-0.3, -0.25) is 0 Å². The fourth-order valence-corrected chi connectivity index (χ4v) is 9.55. The van der Waals surface area contributed by atoms with E-state index in [0.29, 0.717) is 23.1 Å². The van der Waals surface area contributed by atoms with E-state index in [4.69, 9.17) is 19.4 Å². The average Bonchev–Trinajstić information content (AvgIpc) is 4.02. The quantitative estimate of drug-likeness (QED) is 0.168. The molecule has 6 heteroatoms. The van der Waals surface area contributed by atoms with Crippen LogP contribution in [0.2, 0.25) is 0 Å².